The zero-order chi connectivity index (χ0) is 16.9. The molecule has 0 bridgehead atoms. The number of methoxy groups -OCH3 is 2. The molecule has 1 aromatic carbocycles. The number of rotatable bonds is 5. The Morgan fingerprint density at radius 3 is 2.54 bits per heavy atom. The monoisotopic (exact) mass is 331 g/mol. The summed E-state index contributed by atoms with van der Waals surface area (Å²) >= 11 is 0. The van der Waals surface area contributed by atoms with Gasteiger partial charge in [0, 0.05) is 24.7 Å². The van der Waals surface area contributed by atoms with E-state index in [1.54, 1.807) is 26.4 Å². The molecule has 0 amide bonds. The lowest BCUT2D eigenvalue weighted by atomic mass is 10.1. The molecule has 0 unspecified atom stereocenters. The molecule has 0 N–H and O–H groups in total. The van der Waals surface area contributed by atoms with Crippen LogP contribution in [0.4, 0.5) is 0 Å². The van der Waals surface area contributed by atoms with Gasteiger partial charge in [-0.25, -0.2) is 4.68 Å². The number of aromatic nitrogens is 2. The average Bonchev–Trinajstić information content (AvgIpc) is 2.64. The first-order chi connectivity index (χ1) is 11.7. The molecule has 0 saturated carbocycles. The molecular weight excluding hydrogens is 310 g/mol. The van der Waals surface area contributed by atoms with Gasteiger partial charge in [0.25, 0.3) is 5.56 Å². The van der Waals surface area contributed by atoms with Crippen LogP contribution in [0.2, 0.25) is 0 Å². The van der Waals surface area contributed by atoms with Gasteiger partial charge in [0.1, 0.15) is 0 Å². The molecule has 2 heterocycles. The van der Waals surface area contributed by atoms with Crippen molar-refractivity contribution in [3.8, 4) is 22.8 Å². The van der Waals surface area contributed by atoms with Crippen molar-refractivity contribution in [2.24, 2.45) is 0 Å². The number of morpholine rings is 1. The highest BCUT2D eigenvalue weighted by Crippen LogP contribution is 2.31. The van der Waals surface area contributed by atoms with E-state index in [9.17, 15) is 4.79 Å². The van der Waals surface area contributed by atoms with Crippen LogP contribution in [0.5, 0.6) is 11.5 Å². The lowest BCUT2D eigenvalue weighted by Crippen LogP contribution is -2.40. The van der Waals surface area contributed by atoms with Crippen LogP contribution in [-0.2, 0) is 11.4 Å². The standard InChI is InChI=1S/C17H21N3O4/c1-22-15-5-3-13(11-16(15)23-2)14-4-6-17(21)20(18-14)12-19-7-9-24-10-8-19/h3-6,11H,7-10,12H2,1-2H3. The third-order valence-electron chi connectivity index (χ3n) is 3.98. The molecule has 3 rings (SSSR count). The first kappa shape index (κ1) is 16.5. The summed E-state index contributed by atoms with van der Waals surface area (Å²) in [5.41, 5.74) is 1.46. The van der Waals surface area contributed by atoms with Gasteiger partial charge in [-0.2, -0.15) is 5.10 Å². The number of benzene rings is 1. The van der Waals surface area contributed by atoms with Gasteiger partial charge >= 0.3 is 0 Å². The number of ether oxygens (including phenoxy) is 3. The zero-order valence-electron chi connectivity index (χ0n) is 13.9. The van der Waals surface area contributed by atoms with Crippen molar-refractivity contribution in [3.05, 3.63) is 40.7 Å². The topological polar surface area (TPSA) is 65.8 Å². The Morgan fingerprint density at radius 2 is 1.83 bits per heavy atom. The summed E-state index contributed by atoms with van der Waals surface area (Å²) in [5.74, 6) is 1.28. The molecular formula is C17H21N3O4. The summed E-state index contributed by atoms with van der Waals surface area (Å²) in [6.45, 7) is 3.43. The van der Waals surface area contributed by atoms with Gasteiger partial charge in [-0.3, -0.25) is 9.69 Å². The molecule has 1 aliphatic rings. The first-order valence-corrected chi connectivity index (χ1v) is 7.82. The van der Waals surface area contributed by atoms with Crippen LogP contribution in [0.25, 0.3) is 11.3 Å². The fraction of sp³-hybridized carbons (Fsp3) is 0.412. The molecule has 0 aliphatic carbocycles. The molecule has 1 saturated heterocycles. The van der Waals surface area contributed by atoms with Crippen LogP contribution < -0.4 is 15.0 Å². The van der Waals surface area contributed by atoms with Crippen molar-refractivity contribution in [1.29, 1.82) is 0 Å². The quantitative estimate of drug-likeness (QED) is 0.821. The normalized spacial score (nSPS) is 15.2. The Kier molecular flexibility index (Phi) is 5.12. The highest BCUT2D eigenvalue weighted by molar-refractivity contribution is 5.63. The van der Waals surface area contributed by atoms with Crippen molar-refractivity contribution in [3.63, 3.8) is 0 Å². The van der Waals surface area contributed by atoms with Gasteiger partial charge in [-0.15, -0.1) is 0 Å². The van der Waals surface area contributed by atoms with Gasteiger partial charge in [0.2, 0.25) is 0 Å². The molecule has 1 aliphatic heterocycles. The Morgan fingerprint density at radius 1 is 1.08 bits per heavy atom. The fourth-order valence-electron chi connectivity index (χ4n) is 2.63. The van der Waals surface area contributed by atoms with Gasteiger partial charge in [-0.05, 0) is 24.3 Å². The number of hydrogen-bond donors (Lipinski definition) is 0. The minimum Gasteiger partial charge on any atom is -0.493 e. The number of nitrogens with zero attached hydrogens (tertiary/aromatic N) is 3. The first-order valence-electron chi connectivity index (χ1n) is 7.82. The van der Waals surface area contributed by atoms with E-state index in [4.69, 9.17) is 14.2 Å². The van der Waals surface area contributed by atoms with Crippen LogP contribution in [0.15, 0.2) is 35.1 Å². The van der Waals surface area contributed by atoms with Crippen molar-refractivity contribution in [2.45, 2.75) is 6.67 Å². The molecule has 0 atom stereocenters. The molecule has 2 aromatic rings. The van der Waals surface area contributed by atoms with Crippen molar-refractivity contribution in [1.82, 2.24) is 14.7 Å². The van der Waals surface area contributed by atoms with Crippen molar-refractivity contribution >= 4 is 0 Å². The Hall–Kier alpha value is -2.38. The summed E-state index contributed by atoms with van der Waals surface area (Å²) in [6, 6.07) is 8.84. The lowest BCUT2D eigenvalue weighted by molar-refractivity contribution is 0.0205. The predicted molar refractivity (Wildman–Crippen MR) is 89.4 cm³/mol. The zero-order valence-corrected chi connectivity index (χ0v) is 13.9. The molecule has 0 spiro atoms. The van der Waals surface area contributed by atoms with Crippen LogP contribution in [0.3, 0.4) is 0 Å². The Balaban J connectivity index is 1.88. The summed E-state index contributed by atoms with van der Waals surface area (Å²) in [7, 11) is 3.19. The van der Waals surface area contributed by atoms with Gasteiger partial charge in [-0.1, -0.05) is 0 Å². The van der Waals surface area contributed by atoms with E-state index in [0.29, 0.717) is 37.1 Å². The van der Waals surface area contributed by atoms with Crippen LogP contribution in [-0.4, -0.2) is 55.2 Å². The second kappa shape index (κ2) is 7.46. The Bertz CT molecular complexity index is 754. The van der Waals surface area contributed by atoms with E-state index in [2.05, 4.69) is 10.00 Å². The SMILES string of the molecule is COc1ccc(-c2ccc(=O)n(CN3CCOCC3)n2)cc1OC. The maximum atomic E-state index is 12.1. The van der Waals surface area contributed by atoms with E-state index in [1.807, 2.05) is 18.2 Å². The van der Waals surface area contributed by atoms with Crippen LogP contribution in [0, 0.1) is 0 Å². The largest absolute Gasteiger partial charge is 0.493 e. The third kappa shape index (κ3) is 3.58. The van der Waals surface area contributed by atoms with Crippen molar-refractivity contribution < 1.29 is 14.2 Å². The van der Waals surface area contributed by atoms with Crippen molar-refractivity contribution in [2.75, 3.05) is 40.5 Å². The van der Waals surface area contributed by atoms with Crippen LogP contribution in [0.1, 0.15) is 0 Å². The predicted octanol–water partition coefficient (Wildman–Crippen LogP) is 1.22. The summed E-state index contributed by atoms with van der Waals surface area (Å²) in [5, 5.41) is 4.49. The minimum atomic E-state index is -0.120. The van der Waals surface area contributed by atoms with E-state index in [0.717, 1.165) is 18.7 Å². The maximum absolute atomic E-state index is 12.1. The highest BCUT2D eigenvalue weighted by Gasteiger charge is 2.13. The van der Waals surface area contributed by atoms with E-state index in [1.165, 1.54) is 4.68 Å². The van der Waals surface area contributed by atoms with Gasteiger partial charge in [0.15, 0.2) is 11.5 Å². The second-order valence-corrected chi connectivity index (χ2v) is 5.50. The summed E-state index contributed by atoms with van der Waals surface area (Å²) < 4.78 is 17.4. The van der Waals surface area contributed by atoms with E-state index in [-0.39, 0.29) is 5.56 Å². The minimum absolute atomic E-state index is 0.120. The van der Waals surface area contributed by atoms with Gasteiger partial charge in [0.05, 0.1) is 39.8 Å². The third-order valence-corrected chi connectivity index (χ3v) is 3.98. The molecule has 7 nitrogen and oxygen atoms in total. The second-order valence-electron chi connectivity index (χ2n) is 5.50. The lowest BCUT2D eigenvalue weighted by Gasteiger charge is -2.26. The average molecular weight is 331 g/mol. The van der Waals surface area contributed by atoms with E-state index >= 15 is 0 Å². The number of hydrogen-bond acceptors (Lipinski definition) is 6. The van der Waals surface area contributed by atoms with E-state index < -0.39 is 0 Å². The summed E-state index contributed by atoms with van der Waals surface area (Å²) in [6.07, 6.45) is 0. The maximum Gasteiger partial charge on any atom is 0.268 e. The molecule has 0 radical (unpaired) electrons. The molecule has 1 fully saturated rings. The fourth-order valence-corrected chi connectivity index (χ4v) is 2.63. The van der Waals surface area contributed by atoms with Crippen LogP contribution >= 0.6 is 0 Å². The summed E-state index contributed by atoms with van der Waals surface area (Å²) in [4.78, 5) is 14.2. The molecule has 7 heteroatoms. The van der Waals surface area contributed by atoms with Gasteiger partial charge < -0.3 is 14.2 Å². The molecule has 24 heavy (non-hydrogen) atoms. The molecule has 128 valence electrons. The smallest absolute Gasteiger partial charge is 0.268 e. The molecule has 1 aromatic heterocycles. The Labute approximate surface area is 140 Å². The highest BCUT2D eigenvalue weighted by atomic mass is 16.5.